The van der Waals surface area contributed by atoms with Crippen LogP contribution in [0.4, 0.5) is 11.4 Å². The molecule has 1 unspecified atom stereocenters. The van der Waals surface area contributed by atoms with Gasteiger partial charge in [-0.05, 0) is 19.1 Å². The number of fused-ring (bicyclic) bond motifs is 1. The molecule has 21 heavy (non-hydrogen) atoms. The molecule has 0 spiro atoms. The number of nitriles is 1. The molecule has 0 fully saturated rings. The van der Waals surface area contributed by atoms with Crippen molar-refractivity contribution >= 4 is 23.4 Å². The molecule has 1 aromatic rings. The maximum absolute atomic E-state index is 12.0. The number of nitrogens with zero attached hydrogens (tertiary/aromatic N) is 2. The number of nitro groups is 1. The van der Waals surface area contributed by atoms with Crippen molar-refractivity contribution in [1.82, 2.24) is 0 Å². The number of rotatable bonds is 3. The third-order valence-corrected chi connectivity index (χ3v) is 2.86. The number of carbonyl (C=O) groups is 1. The third kappa shape index (κ3) is 2.60. The van der Waals surface area contributed by atoms with Gasteiger partial charge in [0.1, 0.15) is 6.07 Å². The molecule has 0 saturated heterocycles. The fourth-order valence-electron chi connectivity index (χ4n) is 1.85. The van der Waals surface area contributed by atoms with E-state index >= 15 is 0 Å². The van der Waals surface area contributed by atoms with Crippen molar-refractivity contribution in [2.24, 2.45) is 0 Å². The quantitative estimate of drug-likeness (QED) is 0.395. The molecule has 0 amide bonds. The zero-order valence-corrected chi connectivity index (χ0v) is 11.1. The van der Waals surface area contributed by atoms with Gasteiger partial charge in [-0.25, -0.2) is 4.79 Å². The second kappa shape index (κ2) is 5.09. The van der Waals surface area contributed by atoms with Gasteiger partial charge in [-0.2, -0.15) is 5.26 Å². The summed E-state index contributed by atoms with van der Waals surface area (Å²) in [5.41, 5.74) is -0.807. The lowest BCUT2D eigenvalue weighted by Gasteiger charge is -2.27. The average Bonchev–Trinajstić information content (AvgIpc) is 2.45. The predicted octanol–water partition coefficient (Wildman–Crippen LogP) is 2.37. The highest BCUT2D eigenvalue weighted by molar-refractivity contribution is 5.95. The molecular weight excluding hydrogens is 274 g/mol. The Labute approximate surface area is 120 Å². The van der Waals surface area contributed by atoms with Gasteiger partial charge in [-0.1, -0.05) is 12.7 Å². The number of anilines is 1. The van der Waals surface area contributed by atoms with E-state index in [0.29, 0.717) is 11.3 Å². The van der Waals surface area contributed by atoms with Gasteiger partial charge in [0, 0.05) is 23.4 Å². The minimum Gasteiger partial charge on any atom is -0.429 e. The summed E-state index contributed by atoms with van der Waals surface area (Å²) in [7, 11) is 0. The Balaban J connectivity index is 2.39. The topological polar surface area (TPSA) is 105 Å². The Morgan fingerprint density at radius 1 is 1.57 bits per heavy atom. The second-order valence-corrected chi connectivity index (χ2v) is 4.50. The van der Waals surface area contributed by atoms with Crippen LogP contribution in [0.3, 0.4) is 0 Å². The SMILES string of the molecule is C=C(C)OC(=O)C1(C#N)C=Cc2cc([N+](=O)[O-])ccc2N1. The molecule has 1 aliphatic heterocycles. The van der Waals surface area contributed by atoms with Crippen molar-refractivity contribution in [2.45, 2.75) is 12.5 Å². The van der Waals surface area contributed by atoms with Crippen LogP contribution in [0.1, 0.15) is 12.5 Å². The summed E-state index contributed by atoms with van der Waals surface area (Å²) in [5.74, 6) is -0.642. The van der Waals surface area contributed by atoms with E-state index in [1.165, 1.54) is 37.3 Å². The maximum Gasteiger partial charge on any atom is 0.356 e. The van der Waals surface area contributed by atoms with Crippen LogP contribution in [0.2, 0.25) is 0 Å². The smallest absolute Gasteiger partial charge is 0.356 e. The van der Waals surface area contributed by atoms with E-state index in [9.17, 15) is 20.2 Å². The molecular formula is C14H11N3O4. The summed E-state index contributed by atoms with van der Waals surface area (Å²) in [5, 5.41) is 22.8. The molecule has 1 atom stereocenters. The number of nitro benzene ring substituents is 1. The predicted molar refractivity (Wildman–Crippen MR) is 75.0 cm³/mol. The average molecular weight is 285 g/mol. The van der Waals surface area contributed by atoms with E-state index in [1.807, 2.05) is 6.07 Å². The first-order valence-corrected chi connectivity index (χ1v) is 5.93. The normalized spacial score (nSPS) is 18.9. The number of nitrogens with one attached hydrogen (secondary N) is 1. The lowest BCUT2D eigenvalue weighted by Crippen LogP contribution is -2.45. The minimum absolute atomic E-state index is 0.0748. The highest BCUT2D eigenvalue weighted by atomic mass is 16.6. The molecule has 0 bridgehead atoms. The molecule has 1 aromatic carbocycles. The summed E-state index contributed by atoms with van der Waals surface area (Å²) in [6.07, 6.45) is 2.78. The van der Waals surface area contributed by atoms with Gasteiger partial charge < -0.3 is 10.1 Å². The number of esters is 1. The van der Waals surface area contributed by atoms with Gasteiger partial charge in [0.15, 0.2) is 0 Å². The van der Waals surface area contributed by atoms with Crippen molar-refractivity contribution in [1.29, 1.82) is 5.26 Å². The molecule has 0 radical (unpaired) electrons. The molecule has 7 nitrogen and oxygen atoms in total. The molecule has 106 valence electrons. The monoisotopic (exact) mass is 285 g/mol. The van der Waals surface area contributed by atoms with Crippen molar-refractivity contribution in [2.75, 3.05) is 5.32 Å². The summed E-state index contributed by atoms with van der Waals surface area (Å²) in [6, 6.07) is 5.94. The molecule has 1 heterocycles. The third-order valence-electron chi connectivity index (χ3n) is 2.86. The van der Waals surface area contributed by atoms with Gasteiger partial charge in [-0.15, -0.1) is 0 Å². The van der Waals surface area contributed by atoms with Crippen LogP contribution in [-0.2, 0) is 9.53 Å². The largest absolute Gasteiger partial charge is 0.429 e. The number of hydrogen-bond acceptors (Lipinski definition) is 6. The maximum atomic E-state index is 12.0. The first-order chi connectivity index (χ1) is 9.88. The standard InChI is InChI=1S/C14H11N3O4/c1-9(2)21-13(18)14(8-15)6-5-10-7-11(17(19)20)3-4-12(10)16-14/h3-7,16H,1H2,2H3. The fourth-order valence-corrected chi connectivity index (χ4v) is 1.85. The fraction of sp³-hybridized carbons (Fsp3) is 0.143. The van der Waals surface area contributed by atoms with E-state index in [-0.39, 0.29) is 11.4 Å². The number of allylic oxidation sites excluding steroid dienone is 1. The highest BCUT2D eigenvalue weighted by Gasteiger charge is 2.40. The Hall–Kier alpha value is -3.14. The number of non-ortho nitro benzene ring substituents is 1. The van der Waals surface area contributed by atoms with E-state index in [0.717, 1.165) is 0 Å². The summed E-state index contributed by atoms with van der Waals surface area (Å²) in [4.78, 5) is 22.2. The van der Waals surface area contributed by atoms with Crippen molar-refractivity contribution in [3.63, 3.8) is 0 Å². The molecule has 1 aliphatic rings. The molecule has 2 rings (SSSR count). The van der Waals surface area contributed by atoms with Gasteiger partial charge in [-0.3, -0.25) is 10.1 Å². The number of hydrogen-bond donors (Lipinski definition) is 1. The minimum atomic E-state index is -1.68. The van der Waals surface area contributed by atoms with Crippen LogP contribution >= 0.6 is 0 Å². The summed E-state index contributed by atoms with van der Waals surface area (Å²) < 4.78 is 4.88. The summed E-state index contributed by atoms with van der Waals surface area (Å²) >= 11 is 0. The summed E-state index contributed by atoms with van der Waals surface area (Å²) in [6.45, 7) is 4.94. The molecule has 1 N–H and O–H groups in total. The zero-order chi connectivity index (χ0) is 15.6. The van der Waals surface area contributed by atoms with Gasteiger partial charge in [0.2, 0.25) is 5.54 Å². The van der Waals surface area contributed by atoms with E-state index in [4.69, 9.17) is 4.74 Å². The van der Waals surface area contributed by atoms with Gasteiger partial charge in [0.25, 0.3) is 5.69 Å². The van der Waals surface area contributed by atoms with Crippen LogP contribution in [0.25, 0.3) is 6.08 Å². The zero-order valence-electron chi connectivity index (χ0n) is 11.1. The second-order valence-electron chi connectivity index (χ2n) is 4.50. The number of ether oxygens (including phenoxy) is 1. The van der Waals surface area contributed by atoms with Crippen LogP contribution in [0.5, 0.6) is 0 Å². The van der Waals surface area contributed by atoms with Crippen molar-refractivity contribution < 1.29 is 14.5 Å². The van der Waals surface area contributed by atoms with E-state index in [2.05, 4.69) is 11.9 Å². The Bertz CT molecular complexity index is 717. The van der Waals surface area contributed by atoms with Crippen LogP contribution in [0, 0.1) is 21.4 Å². The Morgan fingerprint density at radius 2 is 2.29 bits per heavy atom. The lowest BCUT2D eigenvalue weighted by molar-refractivity contribution is -0.384. The van der Waals surface area contributed by atoms with Crippen molar-refractivity contribution in [3.05, 3.63) is 52.3 Å². The van der Waals surface area contributed by atoms with Crippen molar-refractivity contribution in [3.8, 4) is 6.07 Å². The molecule has 0 aromatic heterocycles. The number of benzene rings is 1. The van der Waals surface area contributed by atoms with Gasteiger partial charge in [0.05, 0.1) is 10.7 Å². The molecule has 7 heteroatoms. The number of carbonyl (C=O) groups excluding carboxylic acids is 1. The van der Waals surface area contributed by atoms with E-state index < -0.39 is 16.4 Å². The Morgan fingerprint density at radius 3 is 2.86 bits per heavy atom. The van der Waals surface area contributed by atoms with Crippen LogP contribution < -0.4 is 5.32 Å². The van der Waals surface area contributed by atoms with Crippen LogP contribution in [-0.4, -0.2) is 16.4 Å². The van der Waals surface area contributed by atoms with Crippen LogP contribution in [0.15, 0.2) is 36.6 Å². The first kappa shape index (κ1) is 14.3. The first-order valence-electron chi connectivity index (χ1n) is 5.93. The van der Waals surface area contributed by atoms with E-state index in [1.54, 1.807) is 0 Å². The lowest BCUT2D eigenvalue weighted by atomic mass is 9.94. The molecule has 0 aliphatic carbocycles. The molecule has 0 saturated carbocycles. The highest BCUT2D eigenvalue weighted by Crippen LogP contribution is 2.31. The van der Waals surface area contributed by atoms with Gasteiger partial charge >= 0.3 is 5.97 Å². The Kier molecular flexibility index (Phi) is 3.46.